The summed E-state index contributed by atoms with van der Waals surface area (Å²) >= 11 is 0. The normalized spacial score (nSPS) is 11.6. The van der Waals surface area contributed by atoms with E-state index in [1.54, 1.807) is 0 Å². The molecule has 10 aromatic carbocycles. The molecule has 0 fully saturated rings. The Hall–Kier alpha value is -7.36. The Balaban J connectivity index is 1.17. The van der Waals surface area contributed by atoms with Crippen LogP contribution in [0.25, 0.3) is 65.0 Å². The molecule has 3 heteroatoms. The van der Waals surface area contributed by atoms with Crippen LogP contribution < -0.4 is 9.80 Å². The van der Waals surface area contributed by atoms with Crippen LogP contribution in [0.15, 0.2) is 211 Å². The number of anilines is 6. The topological polar surface area (TPSA) is 19.6 Å². The maximum absolute atomic E-state index is 6.75. The molecular weight excluding hydrogens is 669 g/mol. The van der Waals surface area contributed by atoms with Gasteiger partial charge in [0.05, 0.1) is 5.69 Å². The highest BCUT2D eigenvalue weighted by atomic mass is 16.3. The summed E-state index contributed by atoms with van der Waals surface area (Å²) in [6.07, 6.45) is 0. The number of fused-ring (bicyclic) bond motifs is 11. The zero-order valence-electron chi connectivity index (χ0n) is 29.9. The van der Waals surface area contributed by atoms with E-state index in [-0.39, 0.29) is 0 Å². The standard InChI is InChI=1S/C52H34N2O/c1-3-16-36(17-4-1)53(37-18-5-2-6-19-37)38-27-29-39(30-28-38)54(49-33-35-15-7-8-20-41(35)42-21-9-11-23-45(42)49)40-31-32-44-43-22-10-12-24-46(43)51-47-25-13-14-26-50(47)55-52(51)48(44)34-40/h1-34H. The Bertz CT molecular complexity index is 3160. The van der Waals surface area contributed by atoms with Gasteiger partial charge in [0, 0.05) is 50.0 Å². The van der Waals surface area contributed by atoms with Crippen LogP contribution in [-0.2, 0) is 0 Å². The summed E-state index contributed by atoms with van der Waals surface area (Å²) in [6, 6.07) is 73.9. The van der Waals surface area contributed by atoms with Crippen LogP contribution in [0.5, 0.6) is 0 Å². The Labute approximate surface area is 318 Å². The molecule has 11 aromatic rings. The van der Waals surface area contributed by atoms with Gasteiger partial charge in [0.2, 0.25) is 0 Å². The van der Waals surface area contributed by atoms with Crippen LogP contribution in [0.2, 0.25) is 0 Å². The zero-order valence-corrected chi connectivity index (χ0v) is 29.9. The predicted molar refractivity (Wildman–Crippen MR) is 233 cm³/mol. The third-order valence-electron chi connectivity index (χ3n) is 11.0. The van der Waals surface area contributed by atoms with Gasteiger partial charge in [-0.05, 0) is 105 Å². The fourth-order valence-electron chi connectivity index (χ4n) is 8.53. The Kier molecular flexibility index (Phi) is 7.17. The zero-order chi connectivity index (χ0) is 36.3. The maximum Gasteiger partial charge on any atom is 0.143 e. The van der Waals surface area contributed by atoms with E-state index < -0.39 is 0 Å². The second-order valence-electron chi connectivity index (χ2n) is 14.1. The molecule has 0 saturated carbocycles. The molecule has 55 heavy (non-hydrogen) atoms. The van der Waals surface area contributed by atoms with E-state index >= 15 is 0 Å². The van der Waals surface area contributed by atoms with Crippen molar-refractivity contribution in [3.05, 3.63) is 206 Å². The molecule has 3 nitrogen and oxygen atoms in total. The fraction of sp³-hybridized carbons (Fsp3) is 0. The first-order valence-corrected chi connectivity index (χ1v) is 18.8. The molecule has 258 valence electrons. The van der Waals surface area contributed by atoms with E-state index in [0.717, 1.165) is 61.4 Å². The van der Waals surface area contributed by atoms with Crippen molar-refractivity contribution in [1.29, 1.82) is 0 Å². The van der Waals surface area contributed by atoms with Gasteiger partial charge in [0.1, 0.15) is 11.2 Å². The van der Waals surface area contributed by atoms with Crippen molar-refractivity contribution < 1.29 is 4.42 Å². The highest BCUT2D eigenvalue weighted by molar-refractivity contribution is 6.30. The summed E-state index contributed by atoms with van der Waals surface area (Å²) < 4.78 is 6.75. The smallest absolute Gasteiger partial charge is 0.143 e. The molecule has 0 N–H and O–H groups in total. The van der Waals surface area contributed by atoms with Gasteiger partial charge in [-0.25, -0.2) is 0 Å². The van der Waals surface area contributed by atoms with Gasteiger partial charge in [-0.1, -0.05) is 133 Å². The SMILES string of the molecule is c1ccc(N(c2ccccc2)c2ccc(N(c3ccc4c5ccccc5c5c6ccccc6oc5c4c3)c3cc4ccccc4c4ccccc34)cc2)cc1. The molecular formula is C52H34N2O. The van der Waals surface area contributed by atoms with Crippen molar-refractivity contribution in [2.24, 2.45) is 0 Å². The van der Waals surface area contributed by atoms with Gasteiger partial charge in [0.15, 0.2) is 0 Å². The maximum atomic E-state index is 6.75. The van der Waals surface area contributed by atoms with Crippen LogP contribution in [0.1, 0.15) is 0 Å². The quantitative estimate of drug-likeness (QED) is 0.161. The molecule has 0 bridgehead atoms. The monoisotopic (exact) mass is 702 g/mol. The first kappa shape index (κ1) is 31.2. The van der Waals surface area contributed by atoms with E-state index in [1.165, 1.54) is 37.7 Å². The van der Waals surface area contributed by atoms with Gasteiger partial charge >= 0.3 is 0 Å². The molecule has 11 rings (SSSR count). The number of rotatable bonds is 6. The Morgan fingerprint density at radius 2 is 0.764 bits per heavy atom. The van der Waals surface area contributed by atoms with Gasteiger partial charge in [-0.3, -0.25) is 0 Å². The lowest BCUT2D eigenvalue weighted by molar-refractivity contribution is 0.673. The average molecular weight is 703 g/mol. The van der Waals surface area contributed by atoms with Gasteiger partial charge in [-0.15, -0.1) is 0 Å². The average Bonchev–Trinajstić information content (AvgIpc) is 3.66. The first-order valence-electron chi connectivity index (χ1n) is 18.8. The third-order valence-corrected chi connectivity index (χ3v) is 11.0. The highest BCUT2D eigenvalue weighted by Crippen LogP contribution is 2.47. The molecule has 1 aromatic heterocycles. The lowest BCUT2D eigenvalue weighted by atomic mass is 9.96. The summed E-state index contributed by atoms with van der Waals surface area (Å²) in [5.74, 6) is 0. The van der Waals surface area contributed by atoms with Crippen LogP contribution >= 0.6 is 0 Å². The fourth-order valence-corrected chi connectivity index (χ4v) is 8.53. The largest absolute Gasteiger partial charge is 0.455 e. The summed E-state index contributed by atoms with van der Waals surface area (Å²) in [6.45, 7) is 0. The minimum atomic E-state index is 0.898. The van der Waals surface area contributed by atoms with Crippen molar-refractivity contribution >= 4 is 99.2 Å². The van der Waals surface area contributed by atoms with Gasteiger partial charge in [0.25, 0.3) is 0 Å². The second-order valence-corrected chi connectivity index (χ2v) is 14.1. The van der Waals surface area contributed by atoms with Crippen molar-refractivity contribution in [1.82, 2.24) is 0 Å². The van der Waals surface area contributed by atoms with Gasteiger partial charge in [-0.2, -0.15) is 0 Å². The molecule has 0 amide bonds. The Morgan fingerprint density at radius 1 is 0.291 bits per heavy atom. The van der Waals surface area contributed by atoms with Crippen molar-refractivity contribution in [2.45, 2.75) is 0 Å². The molecule has 0 radical (unpaired) electrons. The third kappa shape index (κ3) is 5.05. The Morgan fingerprint density at radius 3 is 1.45 bits per heavy atom. The van der Waals surface area contributed by atoms with Crippen LogP contribution in [0.3, 0.4) is 0 Å². The second kappa shape index (κ2) is 12.6. The summed E-state index contributed by atoms with van der Waals surface area (Å²) in [5, 5.41) is 11.8. The molecule has 0 unspecified atom stereocenters. The van der Waals surface area contributed by atoms with E-state index in [2.05, 4.69) is 210 Å². The number of hydrogen-bond donors (Lipinski definition) is 0. The lowest BCUT2D eigenvalue weighted by Gasteiger charge is -2.29. The van der Waals surface area contributed by atoms with Crippen LogP contribution in [0, 0.1) is 0 Å². The molecule has 0 spiro atoms. The molecule has 0 aliphatic heterocycles. The van der Waals surface area contributed by atoms with Crippen molar-refractivity contribution in [3.63, 3.8) is 0 Å². The molecule has 0 saturated heterocycles. The van der Waals surface area contributed by atoms with E-state index in [9.17, 15) is 0 Å². The number of hydrogen-bond acceptors (Lipinski definition) is 3. The lowest BCUT2D eigenvalue weighted by Crippen LogP contribution is -2.12. The van der Waals surface area contributed by atoms with Crippen molar-refractivity contribution in [3.8, 4) is 0 Å². The number of furan rings is 1. The summed E-state index contributed by atoms with van der Waals surface area (Å²) in [5.41, 5.74) is 8.34. The predicted octanol–water partition coefficient (Wildman–Crippen LogP) is 15.1. The minimum absolute atomic E-state index is 0.898. The van der Waals surface area contributed by atoms with E-state index in [4.69, 9.17) is 4.42 Å². The van der Waals surface area contributed by atoms with Gasteiger partial charge < -0.3 is 14.2 Å². The molecule has 0 aliphatic rings. The van der Waals surface area contributed by atoms with E-state index in [0.29, 0.717) is 0 Å². The number of para-hydroxylation sites is 3. The first-order chi connectivity index (χ1) is 27.3. The summed E-state index contributed by atoms with van der Waals surface area (Å²) in [7, 11) is 0. The number of nitrogens with zero attached hydrogens (tertiary/aromatic N) is 2. The minimum Gasteiger partial charge on any atom is -0.455 e. The summed E-state index contributed by atoms with van der Waals surface area (Å²) in [4.78, 5) is 4.72. The highest BCUT2D eigenvalue weighted by Gasteiger charge is 2.22. The van der Waals surface area contributed by atoms with E-state index in [1.807, 2.05) is 6.07 Å². The van der Waals surface area contributed by atoms with Crippen LogP contribution in [0.4, 0.5) is 34.1 Å². The molecule has 0 aliphatic carbocycles. The van der Waals surface area contributed by atoms with Crippen molar-refractivity contribution in [2.75, 3.05) is 9.80 Å². The molecule has 0 atom stereocenters. The van der Waals surface area contributed by atoms with Crippen LogP contribution in [-0.4, -0.2) is 0 Å². The molecule has 1 heterocycles. The number of benzene rings is 10.